The molecule has 0 aliphatic heterocycles. The molecule has 4 heteroatoms. The third-order valence-corrected chi connectivity index (χ3v) is 5.00. The first-order valence-electron chi connectivity index (χ1n) is 7.91. The SMILES string of the molecule is O=S(c1ccccc1)c1nc(-c2ccccc2)c(-c2ccccc2)o1. The molecule has 4 rings (SSSR count). The Bertz CT molecular complexity index is 939. The molecular formula is C21H15NO2S. The molecule has 122 valence electrons. The lowest BCUT2D eigenvalue weighted by Gasteiger charge is -2.00. The average Bonchev–Trinajstić information content (AvgIpc) is 3.15. The van der Waals surface area contributed by atoms with Gasteiger partial charge in [0.15, 0.2) is 5.76 Å². The van der Waals surface area contributed by atoms with Crippen LogP contribution in [0.25, 0.3) is 22.6 Å². The van der Waals surface area contributed by atoms with Gasteiger partial charge < -0.3 is 4.42 Å². The van der Waals surface area contributed by atoms with Gasteiger partial charge in [-0.05, 0) is 12.1 Å². The number of benzene rings is 3. The van der Waals surface area contributed by atoms with Crippen molar-refractivity contribution in [3.63, 3.8) is 0 Å². The predicted octanol–water partition coefficient (Wildman–Crippen LogP) is 5.18. The minimum Gasteiger partial charge on any atom is -0.429 e. The molecule has 1 aromatic heterocycles. The van der Waals surface area contributed by atoms with Gasteiger partial charge in [-0.25, -0.2) is 9.19 Å². The molecule has 0 aliphatic rings. The zero-order valence-corrected chi connectivity index (χ0v) is 14.1. The predicted molar refractivity (Wildman–Crippen MR) is 98.5 cm³/mol. The molecule has 25 heavy (non-hydrogen) atoms. The van der Waals surface area contributed by atoms with Gasteiger partial charge in [0.05, 0.1) is 0 Å². The molecule has 3 nitrogen and oxygen atoms in total. The average molecular weight is 345 g/mol. The van der Waals surface area contributed by atoms with Crippen LogP contribution in [0.5, 0.6) is 0 Å². The first-order chi connectivity index (χ1) is 12.3. The van der Waals surface area contributed by atoms with Crippen molar-refractivity contribution in [1.29, 1.82) is 0 Å². The number of hydrogen-bond donors (Lipinski definition) is 0. The maximum Gasteiger partial charge on any atom is 0.292 e. The largest absolute Gasteiger partial charge is 0.429 e. The van der Waals surface area contributed by atoms with Crippen molar-refractivity contribution in [3.05, 3.63) is 91.0 Å². The maximum atomic E-state index is 12.8. The summed E-state index contributed by atoms with van der Waals surface area (Å²) < 4.78 is 18.8. The number of aromatic nitrogens is 1. The summed E-state index contributed by atoms with van der Waals surface area (Å²) in [6, 6.07) is 28.8. The van der Waals surface area contributed by atoms with Crippen molar-refractivity contribution in [2.45, 2.75) is 10.1 Å². The molecule has 3 aromatic carbocycles. The standard InChI is InChI=1S/C21H15NO2S/c23-25(18-14-8-3-9-15-18)21-22-19(16-10-4-1-5-11-16)20(24-21)17-12-6-2-7-13-17/h1-15H. The van der Waals surface area contributed by atoms with Crippen molar-refractivity contribution in [2.24, 2.45) is 0 Å². The van der Waals surface area contributed by atoms with Gasteiger partial charge in [0.2, 0.25) is 0 Å². The number of rotatable bonds is 4. The summed E-state index contributed by atoms with van der Waals surface area (Å²) in [5.74, 6) is 0.631. The number of nitrogens with zero attached hydrogens (tertiary/aromatic N) is 1. The molecule has 1 atom stereocenters. The fourth-order valence-corrected chi connectivity index (χ4v) is 3.54. The van der Waals surface area contributed by atoms with Crippen LogP contribution in [-0.2, 0) is 10.8 Å². The van der Waals surface area contributed by atoms with Gasteiger partial charge in [0, 0.05) is 16.0 Å². The van der Waals surface area contributed by atoms with Crippen LogP contribution in [0.15, 0.2) is 106 Å². The zero-order chi connectivity index (χ0) is 17.1. The van der Waals surface area contributed by atoms with E-state index >= 15 is 0 Å². The zero-order valence-electron chi connectivity index (χ0n) is 13.3. The topological polar surface area (TPSA) is 43.1 Å². The van der Waals surface area contributed by atoms with E-state index in [2.05, 4.69) is 4.98 Å². The minimum absolute atomic E-state index is 0.212. The first-order valence-corrected chi connectivity index (χ1v) is 9.06. The van der Waals surface area contributed by atoms with Gasteiger partial charge >= 0.3 is 0 Å². The van der Waals surface area contributed by atoms with E-state index < -0.39 is 10.8 Å². The van der Waals surface area contributed by atoms with E-state index in [1.54, 1.807) is 0 Å². The van der Waals surface area contributed by atoms with Gasteiger partial charge in [0.1, 0.15) is 16.5 Å². The summed E-state index contributed by atoms with van der Waals surface area (Å²) in [6.45, 7) is 0. The van der Waals surface area contributed by atoms with E-state index in [-0.39, 0.29) is 5.22 Å². The van der Waals surface area contributed by atoms with E-state index in [0.29, 0.717) is 16.3 Å². The Balaban J connectivity index is 1.86. The summed E-state index contributed by atoms with van der Waals surface area (Å²) in [6.07, 6.45) is 0. The van der Waals surface area contributed by atoms with E-state index in [9.17, 15) is 4.21 Å². The second-order valence-electron chi connectivity index (χ2n) is 5.47. The smallest absolute Gasteiger partial charge is 0.292 e. The quantitative estimate of drug-likeness (QED) is 0.512. The van der Waals surface area contributed by atoms with Gasteiger partial charge in [0.25, 0.3) is 5.22 Å². The summed E-state index contributed by atoms with van der Waals surface area (Å²) in [5, 5.41) is 0.212. The number of oxazole rings is 1. The van der Waals surface area contributed by atoms with E-state index in [0.717, 1.165) is 11.1 Å². The van der Waals surface area contributed by atoms with Crippen molar-refractivity contribution in [3.8, 4) is 22.6 Å². The molecule has 4 aromatic rings. The Kier molecular flexibility index (Phi) is 4.27. The van der Waals surface area contributed by atoms with Crippen LogP contribution >= 0.6 is 0 Å². The van der Waals surface area contributed by atoms with Gasteiger partial charge in [-0.15, -0.1) is 0 Å². The van der Waals surface area contributed by atoms with Gasteiger partial charge in [-0.2, -0.15) is 0 Å². The van der Waals surface area contributed by atoms with Crippen LogP contribution in [-0.4, -0.2) is 9.19 Å². The molecule has 0 saturated heterocycles. The summed E-state index contributed by atoms with van der Waals surface area (Å²) in [5.41, 5.74) is 2.54. The first kappa shape index (κ1) is 15.5. The van der Waals surface area contributed by atoms with Crippen molar-refractivity contribution in [1.82, 2.24) is 4.98 Å². The van der Waals surface area contributed by atoms with Crippen LogP contribution in [0.2, 0.25) is 0 Å². The number of hydrogen-bond acceptors (Lipinski definition) is 3. The highest BCUT2D eigenvalue weighted by Crippen LogP contribution is 2.34. The van der Waals surface area contributed by atoms with Gasteiger partial charge in [-0.3, -0.25) is 0 Å². The monoisotopic (exact) mass is 345 g/mol. The molecule has 0 bridgehead atoms. The molecular weight excluding hydrogens is 330 g/mol. The Labute approximate surface area is 148 Å². The molecule has 0 N–H and O–H groups in total. The van der Waals surface area contributed by atoms with Crippen molar-refractivity contribution >= 4 is 10.8 Å². The highest BCUT2D eigenvalue weighted by Gasteiger charge is 2.21. The van der Waals surface area contributed by atoms with Gasteiger partial charge in [-0.1, -0.05) is 78.9 Å². The second kappa shape index (κ2) is 6.87. The lowest BCUT2D eigenvalue weighted by Crippen LogP contribution is -1.92. The lowest BCUT2D eigenvalue weighted by atomic mass is 10.1. The van der Waals surface area contributed by atoms with E-state index in [1.165, 1.54) is 0 Å². The highest BCUT2D eigenvalue weighted by atomic mass is 32.2. The van der Waals surface area contributed by atoms with Crippen LogP contribution in [0.3, 0.4) is 0 Å². The fraction of sp³-hybridized carbons (Fsp3) is 0. The second-order valence-corrected chi connectivity index (χ2v) is 6.83. The fourth-order valence-electron chi connectivity index (χ4n) is 2.60. The molecule has 0 fully saturated rings. The van der Waals surface area contributed by atoms with Crippen LogP contribution in [0, 0.1) is 0 Å². The van der Waals surface area contributed by atoms with Crippen LogP contribution in [0.4, 0.5) is 0 Å². The third kappa shape index (κ3) is 3.16. The molecule has 0 saturated carbocycles. The summed E-state index contributed by atoms with van der Waals surface area (Å²) in [4.78, 5) is 5.24. The summed E-state index contributed by atoms with van der Waals surface area (Å²) in [7, 11) is -1.46. The van der Waals surface area contributed by atoms with Crippen LogP contribution < -0.4 is 0 Å². The van der Waals surface area contributed by atoms with Crippen molar-refractivity contribution in [2.75, 3.05) is 0 Å². The molecule has 0 radical (unpaired) electrons. The maximum absolute atomic E-state index is 12.8. The normalized spacial score (nSPS) is 12.0. The highest BCUT2D eigenvalue weighted by molar-refractivity contribution is 7.84. The Morgan fingerprint density at radius 1 is 0.680 bits per heavy atom. The Morgan fingerprint density at radius 3 is 1.80 bits per heavy atom. The lowest BCUT2D eigenvalue weighted by molar-refractivity contribution is 0.456. The molecule has 0 amide bonds. The van der Waals surface area contributed by atoms with E-state index in [4.69, 9.17) is 4.42 Å². The van der Waals surface area contributed by atoms with Crippen LogP contribution in [0.1, 0.15) is 0 Å². The van der Waals surface area contributed by atoms with Crippen molar-refractivity contribution < 1.29 is 8.63 Å². The van der Waals surface area contributed by atoms with E-state index in [1.807, 2.05) is 91.0 Å². The Morgan fingerprint density at radius 2 is 1.20 bits per heavy atom. The Hall–Kier alpha value is -2.98. The third-order valence-electron chi connectivity index (χ3n) is 3.81. The minimum atomic E-state index is -1.46. The molecule has 1 unspecified atom stereocenters. The summed E-state index contributed by atoms with van der Waals surface area (Å²) >= 11 is 0. The molecule has 0 spiro atoms. The molecule has 0 aliphatic carbocycles. The molecule has 1 heterocycles.